The standard InChI is InChI=1S/C15H16N2O2/c16-13-5-6-14(12-4-2-1-3-11(12)13)17-8-7-10(9-17)15(18)19/h1-6,10H,7-9,16H2,(H,18,19). The van der Waals surface area contributed by atoms with Crippen molar-refractivity contribution in [2.24, 2.45) is 5.92 Å². The molecule has 19 heavy (non-hydrogen) atoms. The maximum Gasteiger partial charge on any atom is 0.308 e. The smallest absolute Gasteiger partial charge is 0.308 e. The van der Waals surface area contributed by atoms with Crippen molar-refractivity contribution in [3.05, 3.63) is 36.4 Å². The molecule has 1 atom stereocenters. The molecule has 1 saturated heterocycles. The Morgan fingerprint density at radius 1 is 1.21 bits per heavy atom. The highest BCUT2D eigenvalue weighted by molar-refractivity contribution is 6.01. The van der Waals surface area contributed by atoms with Gasteiger partial charge in [-0.1, -0.05) is 24.3 Å². The van der Waals surface area contributed by atoms with E-state index in [2.05, 4.69) is 4.90 Å². The Balaban J connectivity index is 2.02. The summed E-state index contributed by atoms with van der Waals surface area (Å²) in [6.45, 7) is 1.36. The number of anilines is 2. The van der Waals surface area contributed by atoms with Gasteiger partial charge in [-0.05, 0) is 18.6 Å². The summed E-state index contributed by atoms with van der Waals surface area (Å²) in [7, 11) is 0. The van der Waals surface area contributed by atoms with Crippen LogP contribution in [0.4, 0.5) is 11.4 Å². The lowest BCUT2D eigenvalue weighted by Crippen LogP contribution is -2.22. The van der Waals surface area contributed by atoms with Crippen molar-refractivity contribution >= 4 is 28.1 Å². The maximum absolute atomic E-state index is 11.0. The highest BCUT2D eigenvalue weighted by Gasteiger charge is 2.28. The summed E-state index contributed by atoms with van der Waals surface area (Å²) >= 11 is 0. The van der Waals surface area contributed by atoms with Gasteiger partial charge in [0.15, 0.2) is 0 Å². The van der Waals surface area contributed by atoms with E-state index in [1.807, 2.05) is 36.4 Å². The number of hydrogen-bond donors (Lipinski definition) is 2. The molecule has 1 unspecified atom stereocenters. The van der Waals surface area contributed by atoms with Crippen molar-refractivity contribution in [2.75, 3.05) is 23.7 Å². The zero-order valence-corrected chi connectivity index (χ0v) is 10.5. The van der Waals surface area contributed by atoms with E-state index in [9.17, 15) is 4.79 Å². The summed E-state index contributed by atoms with van der Waals surface area (Å²) in [5.41, 5.74) is 7.82. The molecule has 4 heteroatoms. The molecule has 3 N–H and O–H groups in total. The second-order valence-electron chi connectivity index (χ2n) is 4.99. The summed E-state index contributed by atoms with van der Waals surface area (Å²) < 4.78 is 0. The molecular weight excluding hydrogens is 240 g/mol. The number of nitrogen functional groups attached to an aromatic ring is 1. The van der Waals surface area contributed by atoms with Gasteiger partial charge in [-0.2, -0.15) is 0 Å². The van der Waals surface area contributed by atoms with Crippen LogP contribution in [0, 0.1) is 5.92 Å². The molecule has 0 amide bonds. The van der Waals surface area contributed by atoms with Crippen molar-refractivity contribution in [2.45, 2.75) is 6.42 Å². The Bertz CT molecular complexity index is 639. The number of carboxylic acids is 1. The van der Waals surface area contributed by atoms with Crippen molar-refractivity contribution in [1.29, 1.82) is 0 Å². The minimum Gasteiger partial charge on any atom is -0.481 e. The Hall–Kier alpha value is -2.23. The molecule has 0 radical (unpaired) electrons. The number of hydrogen-bond acceptors (Lipinski definition) is 3. The topological polar surface area (TPSA) is 66.6 Å². The fourth-order valence-corrected chi connectivity index (χ4v) is 2.76. The number of benzene rings is 2. The van der Waals surface area contributed by atoms with E-state index >= 15 is 0 Å². The Morgan fingerprint density at radius 3 is 2.63 bits per heavy atom. The van der Waals surface area contributed by atoms with Crippen LogP contribution in [0.5, 0.6) is 0 Å². The quantitative estimate of drug-likeness (QED) is 0.809. The van der Waals surface area contributed by atoms with Gasteiger partial charge in [0.1, 0.15) is 0 Å². The minimum absolute atomic E-state index is 0.267. The van der Waals surface area contributed by atoms with E-state index in [1.165, 1.54) is 0 Å². The zero-order chi connectivity index (χ0) is 13.4. The average Bonchev–Trinajstić information content (AvgIpc) is 2.89. The summed E-state index contributed by atoms with van der Waals surface area (Å²) in [4.78, 5) is 13.2. The zero-order valence-electron chi connectivity index (χ0n) is 10.5. The van der Waals surface area contributed by atoms with Crippen molar-refractivity contribution < 1.29 is 9.90 Å². The van der Waals surface area contributed by atoms with Gasteiger partial charge in [-0.15, -0.1) is 0 Å². The number of fused-ring (bicyclic) bond motifs is 1. The number of aliphatic carboxylic acids is 1. The number of nitrogens with zero attached hydrogens (tertiary/aromatic N) is 1. The molecular formula is C15H16N2O2. The van der Waals surface area contributed by atoms with Crippen molar-refractivity contribution in [3.63, 3.8) is 0 Å². The van der Waals surface area contributed by atoms with Crippen LogP contribution in [0.1, 0.15) is 6.42 Å². The first-order chi connectivity index (χ1) is 9.16. The van der Waals surface area contributed by atoms with Crippen LogP contribution in [0.2, 0.25) is 0 Å². The second kappa shape index (κ2) is 4.46. The maximum atomic E-state index is 11.0. The fourth-order valence-electron chi connectivity index (χ4n) is 2.76. The summed E-state index contributed by atoms with van der Waals surface area (Å²) in [5, 5.41) is 11.2. The van der Waals surface area contributed by atoms with Gasteiger partial charge >= 0.3 is 5.97 Å². The molecule has 0 spiro atoms. The predicted molar refractivity (Wildman–Crippen MR) is 76.3 cm³/mol. The summed E-state index contributed by atoms with van der Waals surface area (Å²) in [6, 6.07) is 11.9. The second-order valence-corrected chi connectivity index (χ2v) is 4.99. The SMILES string of the molecule is Nc1ccc(N2CCC(C(=O)O)C2)c2ccccc12. The summed E-state index contributed by atoms with van der Waals surface area (Å²) in [5.74, 6) is -0.974. The molecule has 0 saturated carbocycles. The number of nitrogens with two attached hydrogens (primary N) is 1. The van der Waals surface area contributed by atoms with Gasteiger partial charge in [-0.3, -0.25) is 4.79 Å². The first kappa shape index (κ1) is 11.8. The third-order valence-electron chi connectivity index (χ3n) is 3.81. The van der Waals surface area contributed by atoms with E-state index in [-0.39, 0.29) is 5.92 Å². The van der Waals surface area contributed by atoms with Crippen LogP contribution in [0.3, 0.4) is 0 Å². The minimum atomic E-state index is -0.706. The van der Waals surface area contributed by atoms with Gasteiger partial charge in [-0.25, -0.2) is 0 Å². The van der Waals surface area contributed by atoms with E-state index in [4.69, 9.17) is 10.8 Å². The third-order valence-corrected chi connectivity index (χ3v) is 3.81. The first-order valence-electron chi connectivity index (χ1n) is 6.42. The molecule has 1 fully saturated rings. The van der Waals surface area contributed by atoms with Crippen LogP contribution in [0.15, 0.2) is 36.4 Å². The summed E-state index contributed by atoms with van der Waals surface area (Å²) in [6.07, 6.45) is 0.702. The number of rotatable bonds is 2. The van der Waals surface area contributed by atoms with Crippen LogP contribution < -0.4 is 10.6 Å². The predicted octanol–water partition coefficient (Wildman–Crippen LogP) is 2.33. The lowest BCUT2D eigenvalue weighted by atomic mass is 10.1. The molecule has 0 aromatic heterocycles. The van der Waals surface area contributed by atoms with E-state index in [1.54, 1.807) is 0 Å². The molecule has 0 bridgehead atoms. The van der Waals surface area contributed by atoms with Crippen molar-refractivity contribution in [3.8, 4) is 0 Å². The van der Waals surface area contributed by atoms with Gasteiger partial charge in [0.25, 0.3) is 0 Å². The fraction of sp³-hybridized carbons (Fsp3) is 0.267. The van der Waals surface area contributed by atoms with Gasteiger partial charge < -0.3 is 15.7 Å². The van der Waals surface area contributed by atoms with Crippen LogP contribution in [0.25, 0.3) is 10.8 Å². The molecule has 3 rings (SSSR count). The van der Waals surface area contributed by atoms with Crippen LogP contribution in [-0.4, -0.2) is 24.2 Å². The average molecular weight is 256 g/mol. The number of carboxylic acid groups (broad SMARTS) is 1. The van der Waals surface area contributed by atoms with Crippen LogP contribution >= 0.6 is 0 Å². The molecule has 1 aliphatic heterocycles. The number of carbonyl (C=O) groups is 1. The van der Waals surface area contributed by atoms with Crippen molar-refractivity contribution in [1.82, 2.24) is 0 Å². The molecule has 0 aliphatic carbocycles. The lowest BCUT2D eigenvalue weighted by Gasteiger charge is -2.21. The van der Waals surface area contributed by atoms with Gasteiger partial charge in [0.05, 0.1) is 5.92 Å². The lowest BCUT2D eigenvalue weighted by molar-refractivity contribution is -0.140. The highest BCUT2D eigenvalue weighted by atomic mass is 16.4. The molecule has 4 nitrogen and oxygen atoms in total. The molecule has 1 heterocycles. The first-order valence-corrected chi connectivity index (χ1v) is 6.42. The Kier molecular flexibility index (Phi) is 2.78. The van der Waals surface area contributed by atoms with E-state index in [0.717, 1.165) is 28.7 Å². The Labute approximate surface area is 111 Å². The highest BCUT2D eigenvalue weighted by Crippen LogP contribution is 2.33. The van der Waals surface area contributed by atoms with E-state index in [0.29, 0.717) is 13.0 Å². The van der Waals surface area contributed by atoms with E-state index < -0.39 is 5.97 Å². The molecule has 2 aromatic rings. The molecule has 2 aromatic carbocycles. The largest absolute Gasteiger partial charge is 0.481 e. The normalized spacial score (nSPS) is 18.9. The monoisotopic (exact) mass is 256 g/mol. The third kappa shape index (κ3) is 1.99. The Morgan fingerprint density at radius 2 is 1.95 bits per heavy atom. The molecule has 98 valence electrons. The molecule has 1 aliphatic rings. The van der Waals surface area contributed by atoms with Gasteiger partial charge in [0, 0.05) is 35.2 Å². The van der Waals surface area contributed by atoms with Gasteiger partial charge in [0.2, 0.25) is 0 Å². The van der Waals surface area contributed by atoms with Crippen LogP contribution in [-0.2, 0) is 4.79 Å².